The third-order valence-corrected chi connectivity index (χ3v) is 4.61. The third-order valence-electron chi connectivity index (χ3n) is 4.61. The molecular weight excluding hydrogens is 430 g/mol. The van der Waals surface area contributed by atoms with E-state index < -0.39 is 12.0 Å². The summed E-state index contributed by atoms with van der Waals surface area (Å²) in [5, 5.41) is 0. The number of ketones is 1. The van der Waals surface area contributed by atoms with Gasteiger partial charge in [0.15, 0.2) is 0 Å². The molecule has 0 aromatic rings. The number of Topliss-reactive ketones (excluding diaryl/α,β-unsaturated/α-hetero) is 1. The third kappa shape index (κ3) is 22.5. The van der Waals surface area contributed by atoms with E-state index in [0.717, 1.165) is 38.5 Å². The summed E-state index contributed by atoms with van der Waals surface area (Å²) in [5.74, 6) is -0.929. The Morgan fingerprint density at radius 2 is 1.24 bits per heavy atom. The van der Waals surface area contributed by atoms with Crippen molar-refractivity contribution in [2.75, 3.05) is 13.2 Å². The molecule has 6 nitrogen and oxygen atoms in total. The molecular formula is C28H43NO5. The standard InChI is InChI=1S/C28H43NO5/c1-3-4-5-6-7-8-9-10-11-12-13-14-15-16-17-18-19-20-27(31)33-23-24-34-28(32)26(29)22-21-25(2)30/h4-5,7-8,10-11,13-14,16-17,26H,3,6,9,12,15,18-24,29H2,1-2H3/b5-4-,8-7-,11-10-,14-13-,17-16-. The Labute approximate surface area is 205 Å². The highest BCUT2D eigenvalue weighted by Crippen LogP contribution is 2.02. The SMILES string of the molecule is CC/C=C\C/C=C\C/C=C\C/C=C\C/C=C\CCCC(=O)OCCOC(=O)C(N)CCC(C)=O. The van der Waals surface area contributed by atoms with Crippen LogP contribution in [-0.4, -0.2) is 37.0 Å². The number of hydrogen-bond donors (Lipinski definition) is 1. The number of hydrogen-bond acceptors (Lipinski definition) is 6. The van der Waals surface area contributed by atoms with E-state index in [1.165, 1.54) is 6.92 Å². The molecule has 0 aromatic carbocycles. The van der Waals surface area contributed by atoms with Crippen LogP contribution in [0.3, 0.4) is 0 Å². The topological polar surface area (TPSA) is 95.7 Å². The largest absolute Gasteiger partial charge is 0.462 e. The van der Waals surface area contributed by atoms with E-state index in [-0.39, 0.29) is 37.8 Å². The van der Waals surface area contributed by atoms with Crippen molar-refractivity contribution in [2.24, 2.45) is 5.73 Å². The molecule has 0 heterocycles. The molecule has 2 N–H and O–H groups in total. The highest BCUT2D eigenvalue weighted by atomic mass is 16.6. The summed E-state index contributed by atoms with van der Waals surface area (Å²) in [6.45, 7) is 3.55. The lowest BCUT2D eigenvalue weighted by Crippen LogP contribution is -2.33. The van der Waals surface area contributed by atoms with Crippen molar-refractivity contribution in [2.45, 2.75) is 84.1 Å². The number of carbonyl (C=O) groups is 3. The Kier molecular flexibility index (Phi) is 21.5. The zero-order valence-electron chi connectivity index (χ0n) is 21.0. The molecule has 0 saturated carbocycles. The van der Waals surface area contributed by atoms with E-state index in [9.17, 15) is 14.4 Å². The van der Waals surface area contributed by atoms with Crippen LogP contribution in [0.2, 0.25) is 0 Å². The Hall–Kier alpha value is -2.73. The van der Waals surface area contributed by atoms with Crippen molar-refractivity contribution in [1.29, 1.82) is 0 Å². The molecule has 6 heteroatoms. The lowest BCUT2D eigenvalue weighted by Gasteiger charge is -2.10. The number of esters is 2. The summed E-state index contributed by atoms with van der Waals surface area (Å²) in [7, 11) is 0. The second-order valence-corrected chi connectivity index (χ2v) is 7.84. The van der Waals surface area contributed by atoms with E-state index in [4.69, 9.17) is 15.2 Å². The molecule has 1 atom stereocenters. The molecule has 0 fully saturated rings. The van der Waals surface area contributed by atoms with Gasteiger partial charge < -0.3 is 20.0 Å². The van der Waals surface area contributed by atoms with Gasteiger partial charge in [0.2, 0.25) is 0 Å². The minimum atomic E-state index is -0.830. The first-order valence-corrected chi connectivity index (χ1v) is 12.3. The first-order chi connectivity index (χ1) is 16.5. The van der Waals surface area contributed by atoms with Crippen LogP contribution in [0.25, 0.3) is 0 Å². The Balaban J connectivity index is 3.63. The minimum absolute atomic E-state index is 0.00563. The van der Waals surface area contributed by atoms with Crippen LogP contribution in [0.5, 0.6) is 0 Å². The molecule has 0 rings (SSSR count). The number of rotatable bonds is 20. The van der Waals surface area contributed by atoms with Gasteiger partial charge in [0.1, 0.15) is 25.0 Å². The molecule has 0 spiro atoms. The Morgan fingerprint density at radius 3 is 1.76 bits per heavy atom. The zero-order valence-corrected chi connectivity index (χ0v) is 21.0. The lowest BCUT2D eigenvalue weighted by molar-refractivity contribution is -0.153. The fourth-order valence-corrected chi connectivity index (χ4v) is 2.69. The van der Waals surface area contributed by atoms with E-state index >= 15 is 0 Å². The van der Waals surface area contributed by atoms with Crippen molar-refractivity contribution in [1.82, 2.24) is 0 Å². The molecule has 0 amide bonds. The molecule has 0 aliphatic heterocycles. The molecule has 190 valence electrons. The van der Waals surface area contributed by atoms with Gasteiger partial charge in [0, 0.05) is 12.8 Å². The quantitative estimate of drug-likeness (QED) is 0.139. The lowest BCUT2D eigenvalue weighted by atomic mass is 10.1. The van der Waals surface area contributed by atoms with Crippen molar-refractivity contribution < 1.29 is 23.9 Å². The predicted octanol–water partition coefficient (Wildman–Crippen LogP) is 5.69. The van der Waals surface area contributed by atoms with Gasteiger partial charge >= 0.3 is 11.9 Å². The van der Waals surface area contributed by atoms with E-state index in [1.54, 1.807) is 0 Å². The summed E-state index contributed by atoms with van der Waals surface area (Å²) in [4.78, 5) is 34.2. The summed E-state index contributed by atoms with van der Waals surface area (Å²) in [6, 6.07) is -0.830. The van der Waals surface area contributed by atoms with Gasteiger partial charge in [-0.2, -0.15) is 0 Å². The van der Waals surface area contributed by atoms with Crippen molar-refractivity contribution >= 4 is 17.7 Å². The number of unbranched alkanes of at least 4 members (excludes halogenated alkanes) is 1. The molecule has 0 aliphatic rings. The average Bonchev–Trinajstić information content (AvgIpc) is 2.82. The van der Waals surface area contributed by atoms with E-state index in [1.807, 2.05) is 0 Å². The molecule has 0 aromatic heterocycles. The highest BCUT2D eigenvalue weighted by molar-refractivity contribution is 5.79. The summed E-state index contributed by atoms with van der Waals surface area (Å²) in [5.41, 5.74) is 5.63. The van der Waals surface area contributed by atoms with Crippen molar-refractivity contribution in [3.05, 3.63) is 60.8 Å². The van der Waals surface area contributed by atoms with E-state index in [0.29, 0.717) is 12.8 Å². The average molecular weight is 474 g/mol. The maximum atomic E-state index is 11.7. The maximum Gasteiger partial charge on any atom is 0.323 e. The minimum Gasteiger partial charge on any atom is -0.462 e. The maximum absolute atomic E-state index is 11.7. The number of nitrogens with two attached hydrogens (primary N) is 1. The monoisotopic (exact) mass is 473 g/mol. The molecule has 0 bridgehead atoms. The van der Waals surface area contributed by atoms with Gasteiger partial charge in [-0.05, 0) is 58.3 Å². The van der Waals surface area contributed by atoms with Gasteiger partial charge in [-0.15, -0.1) is 0 Å². The molecule has 1 unspecified atom stereocenters. The molecule has 0 saturated heterocycles. The number of allylic oxidation sites excluding steroid dienone is 10. The first kappa shape index (κ1) is 31.3. The zero-order chi connectivity index (χ0) is 25.3. The fourth-order valence-electron chi connectivity index (χ4n) is 2.69. The summed E-state index contributed by atoms with van der Waals surface area (Å²) in [6.07, 6.45) is 28.7. The second-order valence-electron chi connectivity index (χ2n) is 7.84. The van der Waals surface area contributed by atoms with Crippen molar-refractivity contribution in [3.63, 3.8) is 0 Å². The summed E-state index contributed by atoms with van der Waals surface area (Å²) >= 11 is 0. The van der Waals surface area contributed by atoms with Gasteiger partial charge in [-0.3, -0.25) is 9.59 Å². The van der Waals surface area contributed by atoms with Gasteiger partial charge in [0.25, 0.3) is 0 Å². The van der Waals surface area contributed by atoms with Gasteiger partial charge in [-0.1, -0.05) is 67.7 Å². The Morgan fingerprint density at radius 1 is 0.735 bits per heavy atom. The fraction of sp³-hybridized carbons (Fsp3) is 0.536. The van der Waals surface area contributed by atoms with Crippen LogP contribution in [0, 0.1) is 0 Å². The normalized spacial score (nSPS) is 13.0. The number of ether oxygens (including phenoxy) is 2. The first-order valence-electron chi connectivity index (χ1n) is 12.3. The van der Waals surface area contributed by atoms with Crippen molar-refractivity contribution in [3.8, 4) is 0 Å². The Bertz CT molecular complexity index is 704. The van der Waals surface area contributed by atoms with Gasteiger partial charge in [0.05, 0.1) is 0 Å². The second kappa shape index (κ2) is 23.4. The predicted molar refractivity (Wildman–Crippen MR) is 138 cm³/mol. The van der Waals surface area contributed by atoms with Crippen LogP contribution in [0.1, 0.15) is 78.1 Å². The highest BCUT2D eigenvalue weighted by Gasteiger charge is 2.15. The van der Waals surface area contributed by atoms with Gasteiger partial charge in [-0.25, -0.2) is 0 Å². The van der Waals surface area contributed by atoms with Crippen LogP contribution >= 0.6 is 0 Å². The van der Waals surface area contributed by atoms with Crippen LogP contribution < -0.4 is 5.73 Å². The summed E-state index contributed by atoms with van der Waals surface area (Å²) < 4.78 is 9.99. The molecule has 0 radical (unpaired) electrons. The van der Waals surface area contributed by atoms with Crippen LogP contribution in [0.4, 0.5) is 0 Å². The van der Waals surface area contributed by atoms with Crippen LogP contribution in [0.15, 0.2) is 60.8 Å². The van der Waals surface area contributed by atoms with Crippen LogP contribution in [-0.2, 0) is 23.9 Å². The number of carbonyl (C=O) groups excluding carboxylic acids is 3. The molecule has 0 aliphatic carbocycles. The van der Waals surface area contributed by atoms with E-state index in [2.05, 4.69) is 67.7 Å². The smallest absolute Gasteiger partial charge is 0.323 e. The molecule has 34 heavy (non-hydrogen) atoms.